The average Bonchev–Trinajstić information content (AvgIpc) is 3.48. The Morgan fingerprint density at radius 2 is 1.61 bits per heavy atom. The normalized spacial score (nSPS) is 13.0. The monoisotopic (exact) mass is 689 g/mol. The van der Waals surface area contributed by atoms with Gasteiger partial charge in [0.05, 0.1) is 10.6 Å². The van der Waals surface area contributed by atoms with E-state index in [4.69, 9.17) is 9.90 Å². The van der Waals surface area contributed by atoms with E-state index in [1.807, 2.05) is 31.1 Å². The van der Waals surface area contributed by atoms with Crippen LogP contribution < -0.4 is 19.9 Å². The molecule has 1 amide bonds. The fraction of sp³-hybridized carbons (Fsp3) is 0.433. The molecule has 1 aromatic heterocycles. The van der Waals surface area contributed by atoms with E-state index in [1.165, 1.54) is 26.9 Å². The molecule has 1 aliphatic rings. The number of ether oxygens (including phenoxy) is 1. The Morgan fingerprint density at radius 1 is 1.04 bits per heavy atom. The molecule has 0 radical (unpaired) electrons. The zero-order valence-corrected chi connectivity index (χ0v) is 28.2. The van der Waals surface area contributed by atoms with Crippen molar-refractivity contribution in [2.45, 2.75) is 45.4 Å². The van der Waals surface area contributed by atoms with E-state index in [-0.39, 0.29) is 24.5 Å². The molecule has 0 atom stereocenters. The van der Waals surface area contributed by atoms with Gasteiger partial charge in [-0.15, -0.1) is 24.5 Å². The molecule has 1 fully saturated rings. The summed E-state index contributed by atoms with van der Waals surface area (Å²) in [4.78, 5) is 27.0. The van der Waals surface area contributed by atoms with Crippen molar-refractivity contribution in [3.63, 3.8) is 0 Å². The summed E-state index contributed by atoms with van der Waals surface area (Å²) >= 11 is 1.51. The molecule has 1 aliphatic heterocycles. The zero-order valence-electron chi connectivity index (χ0n) is 26.5. The number of aryl methyl sites for hydroxylation is 1. The van der Waals surface area contributed by atoms with Crippen molar-refractivity contribution >= 4 is 45.1 Å². The summed E-state index contributed by atoms with van der Waals surface area (Å²) < 4.78 is 67.0. The van der Waals surface area contributed by atoms with E-state index in [2.05, 4.69) is 58.2 Å². The zero-order chi connectivity index (χ0) is 34.8. The minimum atomic E-state index is -4.81. The lowest BCUT2D eigenvalue weighted by Crippen LogP contribution is -2.48. The Bertz CT molecular complexity index is 1400. The third-order valence-electron chi connectivity index (χ3n) is 6.30. The maximum Gasteiger partial charge on any atom is 0.573 e. The molecule has 2 heterocycles. The first-order valence-electron chi connectivity index (χ1n) is 14.4. The molecule has 0 aliphatic carbocycles. The van der Waals surface area contributed by atoms with Crippen LogP contribution in [-0.2, 0) is 26.0 Å². The molecule has 3 aromatic rings. The number of alkyl halides is 3. The van der Waals surface area contributed by atoms with Crippen LogP contribution in [0.25, 0.3) is 0 Å². The number of carboxylic acid groups (broad SMARTS) is 1. The standard InChI is InChI=1S/C15H16F3N3O3S2.C12H18N2O.C2H6.CH2O2/c1-11-10-25-14(19-11)20-6-8-21(9-7-20)26(22,23)13-4-2-12(3-5-13)24-15(16,17)18;1-3-14(2)12-6-4-11(5-7-12)8-9-13-10-15;1-2;2-1-3/h2-5,10H,6-9H2,1H3;4-7,10H,3,8-9H2,1-2H3,(H,13,15);1-2H3;1H,(H,2,3). The van der Waals surface area contributed by atoms with Crippen molar-refractivity contribution in [2.24, 2.45) is 0 Å². The van der Waals surface area contributed by atoms with E-state index in [1.54, 1.807) is 0 Å². The number of benzene rings is 2. The van der Waals surface area contributed by atoms with Gasteiger partial charge in [0.25, 0.3) is 6.47 Å². The molecule has 2 N–H and O–H groups in total. The molecule has 2 aromatic carbocycles. The Morgan fingerprint density at radius 3 is 2.07 bits per heavy atom. The van der Waals surface area contributed by atoms with Gasteiger partial charge in [0, 0.05) is 57.4 Å². The van der Waals surface area contributed by atoms with Crippen molar-refractivity contribution in [2.75, 3.05) is 56.1 Å². The predicted octanol–water partition coefficient (Wildman–Crippen LogP) is 5.02. The second kappa shape index (κ2) is 20.3. The second-order valence-corrected chi connectivity index (χ2v) is 12.1. The summed E-state index contributed by atoms with van der Waals surface area (Å²) in [6.07, 6.45) is -3.20. The number of rotatable bonds is 10. The molecule has 0 bridgehead atoms. The van der Waals surface area contributed by atoms with Crippen LogP contribution in [0.1, 0.15) is 32.0 Å². The number of hydrogen-bond acceptors (Lipinski definition) is 9. The first kappa shape index (κ1) is 40.1. The molecule has 0 saturated carbocycles. The molecule has 0 unspecified atom stereocenters. The van der Waals surface area contributed by atoms with Gasteiger partial charge in [-0.2, -0.15) is 4.31 Å². The molecule has 256 valence electrons. The molecule has 46 heavy (non-hydrogen) atoms. The smallest absolute Gasteiger partial charge is 0.483 e. The summed E-state index contributed by atoms with van der Waals surface area (Å²) in [6.45, 7) is 11.0. The Labute approximate surface area is 272 Å². The van der Waals surface area contributed by atoms with E-state index in [9.17, 15) is 26.4 Å². The fourth-order valence-electron chi connectivity index (χ4n) is 3.94. The Kier molecular flexibility index (Phi) is 17.7. The maximum atomic E-state index is 12.7. The molecule has 16 heteroatoms. The first-order valence-corrected chi connectivity index (χ1v) is 16.7. The number of carbonyl (C=O) groups excluding carboxylic acids is 1. The number of amides is 1. The summed E-state index contributed by atoms with van der Waals surface area (Å²) in [6, 6.07) is 12.7. The largest absolute Gasteiger partial charge is 0.573 e. The molecular formula is C30H42F3N5O6S2. The summed E-state index contributed by atoms with van der Waals surface area (Å²) in [5, 5.41) is 12.3. The number of anilines is 2. The van der Waals surface area contributed by atoms with Crippen LogP contribution in [0.15, 0.2) is 58.8 Å². The molecule has 1 saturated heterocycles. The Balaban J connectivity index is 0.000000449. The lowest BCUT2D eigenvalue weighted by Gasteiger charge is -2.33. The van der Waals surface area contributed by atoms with Gasteiger partial charge in [0.2, 0.25) is 16.4 Å². The van der Waals surface area contributed by atoms with E-state index in [0.29, 0.717) is 19.6 Å². The highest BCUT2D eigenvalue weighted by Gasteiger charge is 2.32. The van der Waals surface area contributed by atoms with Gasteiger partial charge < -0.3 is 25.0 Å². The highest BCUT2D eigenvalue weighted by molar-refractivity contribution is 7.89. The van der Waals surface area contributed by atoms with Gasteiger partial charge in [0.15, 0.2) is 5.13 Å². The van der Waals surface area contributed by atoms with Crippen LogP contribution in [0, 0.1) is 6.92 Å². The number of sulfonamides is 1. The van der Waals surface area contributed by atoms with Crippen molar-refractivity contribution in [1.82, 2.24) is 14.6 Å². The minimum Gasteiger partial charge on any atom is -0.483 e. The number of nitrogens with zero attached hydrogens (tertiary/aromatic N) is 4. The lowest BCUT2D eigenvalue weighted by molar-refractivity contribution is -0.274. The van der Waals surface area contributed by atoms with Crippen LogP contribution in [0.2, 0.25) is 0 Å². The van der Waals surface area contributed by atoms with Crippen molar-refractivity contribution in [3.8, 4) is 5.75 Å². The fourth-order valence-corrected chi connectivity index (χ4v) is 6.22. The minimum absolute atomic E-state index is 0.0643. The third-order valence-corrected chi connectivity index (χ3v) is 9.24. The van der Waals surface area contributed by atoms with Crippen LogP contribution in [0.5, 0.6) is 5.75 Å². The van der Waals surface area contributed by atoms with Crippen molar-refractivity contribution in [3.05, 3.63) is 65.2 Å². The summed E-state index contributed by atoms with van der Waals surface area (Å²) in [7, 11) is -1.70. The van der Waals surface area contributed by atoms with E-state index in [0.717, 1.165) is 54.5 Å². The number of hydrogen-bond donors (Lipinski definition) is 2. The van der Waals surface area contributed by atoms with Gasteiger partial charge >= 0.3 is 6.36 Å². The van der Waals surface area contributed by atoms with Crippen LogP contribution >= 0.6 is 11.3 Å². The van der Waals surface area contributed by atoms with E-state index >= 15 is 0 Å². The number of nitrogens with one attached hydrogen (secondary N) is 1. The summed E-state index contributed by atoms with van der Waals surface area (Å²) in [5.74, 6) is -0.458. The SMILES string of the molecule is CC.CCN(C)c1ccc(CCNC=O)cc1.Cc1csc(N2CCN(S(=O)(=O)c3ccc(OC(F)(F)F)cc3)CC2)n1.O=CO. The van der Waals surface area contributed by atoms with E-state index < -0.39 is 22.1 Å². The molecule has 4 rings (SSSR count). The van der Waals surface area contributed by atoms with Crippen LogP contribution in [0.4, 0.5) is 24.0 Å². The highest BCUT2D eigenvalue weighted by Crippen LogP contribution is 2.27. The first-order chi connectivity index (χ1) is 21.8. The molecule has 11 nitrogen and oxygen atoms in total. The molecule has 0 spiro atoms. The number of carbonyl (C=O) groups is 2. The summed E-state index contributed by atoms with van der Waals surface area (Å²) in [5.41, 5.74) is 3.39. The average molecular weight is 690 g/mol. The quantitative estimate of drug-likeness (QED) is 0.223. The number of aromatic nitrogens is 1. The third kappa shape index (κ3) is 13.6. The van der Waals surface area contributed by atoms with Gasteiger partial charge in [-0.3, -0.25) is 9.59 Å². The maximum absolute atomic E-state index is 12.7. The second-order valence-electron chi connectivity index (χ2n) is 9.29. The van der Waals surface area contributed by atoms with Crippen molar-refractivity contribution < 1.29 is 41.0 Å². The number of thiazole rings is 1. The molecular weight excluding hydrogens is 647 g/mol. The predicted molar refractivity (Wildman–Crippen MR) is 174 cm³/mol. The van der Waals surface area contributed by atoms with Gasteiger partial charge in [0.1, 0.15) is 5.75 Å². The number of piperazine rings is 1. The Hall–Kier alpha value is -3.89. The highest BCUT2D eigenvalue weighted by atomic mass is 32.2. The van der Waals surface area contributed by atoms with Crippen LogP contribution in [-0.4, -0.2) is 88.4 Å². The van der Waals surface area contributed by atoms with Crippen molar-refractivity contribution in [1.29, 1.82) is 0 Å². The van der Waals surface area contributed by atoms with Gasteiger partial charge in [-0.05, 0) is 62.2 Å². The lowest BCUT2D eigenvalue weighted by atomic mass is 10.1. The van der Waals surface area contributed by atoms with Crippen LogP contribution in [0.3, 0.4) is 0 Å². The number of halogens is 3. The van der Waals surface area contributed by atoms with Gasteiger partial charge in [-0.1, -0.05) is 26.0 Å². The topological polar surface area (TPSA) is 132 Å². The van der Waals surface area contributed by atoms with Gasteiger partial charge in [-0.25, -0.2) is 13.4 Å².